The molecule has 0 spiro atoms. The molecule has 2 aromatic heterocycles. The molecule has 25 heavy (non-hydrogen) atoms. The number of hydrogen-bond donors (Lipinski definition) is 0. The van der Waals surface area contributed by atoms with Crippen molar-refractivity contribution in [3.63, 3.8) is 0 Å². The van der Waals surface area contributed by atoms with Crippen LogP contribution in [0.4, 0.5) is 5.82 Å². The van der Waals surface area contributed by atoms with Crippen LogP contribution in [0.3, 0.4) is 0 Å². The number of rotatable bonds is 3. The average molecular weight is 371 g/mol. The maximum Gasteiger partial charge on any atom is 0.163 e. The second-order valence-corrected chi connectivity index (χ2v) is 8.23. The summed E-state index contributed by atoms with van der Waals surface area (Å²) < 4.78 is 4.16. The Bertz CT molecular complexity index is 922. The molecule has 1 aliphatic rings. The molecule has 0 bridgehead atoms. The molecular formula is C19H22N4S2. The van der Waals surface area contributed by atoms with Gasteiger partial charge in [-0.05, 0) is 37.5 Å². The number of fused-ring (bicyclic) bond motifs is 1. The summed E-state index contributed by atoms with van der Waals surface area (Å²) in [6, 6.07) is 10.4. The number of thiazole rings is 1. The first-order chi connectivity index (χ1) is 12.2. The van der Waals surface area contributed by atoms with Crippen molar-refractivity contribution in [2.45, 2.75) is 39.2 Å². The van der Waals surface area contributed by atoms with E-state index in [2.05, 4.69) is 33.7 Å². The van der Waals surface area contributed by atoms with Gasteiger partial charge in [-0.25, -0.2) is 9.97 Å². The molecule has 0 N–H and O–H groups in total. The van der Waals surface area contributed by atoms with E-state index in [9.17, 15) is 0 Å². The van der Waals surface area contributed by atoms with E-state index in [4.69, 9.17) is 22.2 Å². The third-order valence-corrected chi connectivity index (χ3v) is 6.13. The van der Waals surface area contributed by atoms with Crippen LogP contribution in [0.15, 0.2) is 30.3 Å². The smallest absolute Gasteiger partial charge is 0.163 e. The summed E-state index contributed by atoms with van der Waals surface area (Å²) in [7, 11) is 0. The van der Waals surface area contributed by atoms with E-state index in [1.165, 1.54) is 31.2 Å². The summed E-state index contributed by atoms with van der Waals surface area (Å²) >= 11 is 7.32. The minimum Gasteiger partial charge on any atom is -0.355 e. The van der Waals surface area contributed by atoms with Crippen LogP contribution in [0.2, 0.25) is 0 Å². The van der Waals surface area contributed by atoms with Crippen LogP contribution >= 0.6 is 23.6 Å². The SMILES string of the molecule is Cc1nc(N2CCCCCC2)c2sc(=S)n(Cc3ccccc3)c2n1. The Hall–Kier alpha value is -1.79. The summed E-state index contributed by atoms with van der Waals surface area (Å²) in [5.41, 5.74) is 2.22. The van der Waals surface area contributed by atoms with E-state index >= 15 is 0 Å². The summed E-state index contributed by atoms with van der Waals surface area (Å²) in [6.07, 6.45) is 5.10. The van der Waals surface area contributed by atoms with Gasteiger partial charge in [0.1, 0.15) is 10.5 Å². The largest absolute Gasteiger partial charge is 0.355 e. The Morgan fingerprint density at radius 2 is 1.76 bits per heavy atom. The van der Waals surface area contributed by atoms with E-state index in [1.807, 2.05) is 13.0 Å². The van der Waals surface area contributed by atoms with Gasteiger partial charge in [-0.1, -0.05) is 54.5 Å². The highest BCUT2D eigenvalue weighted by molar-refractivity contribution is 7.73. The average Bonchev–Trinajstić information content (AvgIpc) is 2.81. The molecule has 3 heterocycles. The monoisotopic (exact) mass is 370 g/mol. The zero-order chi connectivity index (χ0) is 17.2. The molecule has 130 valence electrons. The third kappa shape index (κ3) is 3.46. The van der Waals surface area contributed by atoms with Crippen LogP contribution in [0.1, 0.15) is 37.1 Å². The molecule has 3 aromatic rings. The van der Waals surface area contributed by atoms with Crippen molar-refractivity contribution in [1.29, 1.82) is 0 Å². The molecule has 4 nitrogen and oxygen atoms in total. The highest BCUT2D eigenvalue weighted by atomic mass is 32.1. The van der Waals surface area contributed by atoms with Crippen molar-refractivity contribution in [3.05, 3.63) is 45.7 Å². The predicted molar refractivity (Wildman–Crippen MR) is 107 cm³/mol. The fourth-order valence-electron chi connectivity index (χ4n) is 3.44. The second-order valence-electron chi connectivity index (χ2n) is 6.59. The zero-order valence-corrected chi connectivity index (χ0v) is 16.1. The topological polar surface area (TPSA) is 34.0 Å². The number of benzene rings is 1. The lowest BCUT2D eigenvalue weighted by Crippen LogP contribution is -2.25. The molecule has 1 saturated heterocycles. The van der Waals surface area contributed by atoms with Crippen LogP contribution in [-0.2, 0) is 6.54 Å². The first kappa shape index (κ1) is 16.7. The number of anilines is 1. The van der Waals surface area contributed by atoms with Gasteiger partial charge in [0.25, 0.3) is 0 Å². The number of aryl methyl sites for hydroxylation is 1. The van der Waals surface area contributed by atoms with Crippen molar-refractivity contribution in [3.8, 4) is 0 Å². The van der Waals surface area contributed by atoms with E-state index < -0.39 is 0 Å². The molecular weight excluding hydrogens is 348 g/mol. The van der Waals surface area contributed by atoms with Gasteiger partial charge in [-0.15, -0.1) is 0 Å². The van der Waals surface area contributed by atoms with Gasteiger partial charge < -0.3 is 9.47 Å². The Morgan fingerprint density at radius 1 is 1.04 bits per heavy atom. The lowest BCUT2D eigenvalue weighted by atomic mass is 10.2. The first-order valence-electron chi connectivity index (χ1n) is 8.89. The van der Waals surface area contributed by atoms with Gasteiger partial charge in [0, 0.05) is 13.1 Å². The Balaban J connectivity index is 1.81. The molecule has 0 radical (unpaired) electrons. The Morgan fingerprint density at radius 3 is 2.48 bits per heavy atom. The minimum atomic E-state index is 0.759. The van der Waals surface area contributed by atoms with E-state index in [1.54, 1.807) is 11.3 Å². The molecule has 4 rings (SSSR count). The summed E-state index contributed by atoms with van der Waals surface area (Å²) in [6.45, 7) is 4.90. The maximum atomic E-state index is 5.68. The minimum absolute atomic E-state index is 0.759. The van der Waals surface area contributed by atoms with Crippen molar-refractivity contribution in [2.75, 3.05) is 18.0 Å². The zero-order valence-electron chi connectivity index (χ0n) is 14.4. The highest BCUT2D eigenvalue weighted by Gasteiger charge is 2.19. The molecule has 1 aliphatic heterocycles. The van der Waals surface area contributed by atoms with Crippen molar-refractivity contribution in [2.24, 2.45) is 0 Å². The van der Waals surface area contributed by atoms with E-state index in [-0.39, 0.29) is 0 Å². The lowest BCUT2D eigenvalue weighted by molar-refractivity contribution is 0.726. The second kappa shape index (κ2) is 7.22. The molecule has 0 unspecified atom stereocenters. The first-order valence-corrected chi connectivity index (χ1v) is 10.1. The van der Waals surface area contributed by atoms with Gasteiger partial charge in [-0.3, -0.25) is 0 Å². The predicted octanol–water partition coefficient (Wildman–Crippen LogP) is 4.96. The Labute approximate surface area is 157 Å². The molecule has 0 aliphatic carbocycles. The number of nitrogens with zero attached hydrogens (tertiary/aromatic N) is 4. The van der Waals surface area contributed by atoms with E-state index in [0.29, 0.717) is 0 Å². The molecule has 1 aromatic carbocycles. The van der Waals surface area contributed by atoms with Crippen LogP contribution in [0, 0.1) is 10.9 Å². The van der Waals surface area contributed by atoms with Crippen LogP contribution in [0.25, 0.3) is 10.3 Å². The van der Waals surface area contributed by atoms with Gasteiger partial charge in [-0.2, -0.15) is 0 Å². The highest BCUT2D eigenvalue weighted by Crippen LogP contribution is 2.32. The molecule has 1 fully saturated rings. The van der Waals surface area contributed by atoms with Gasteiger partial charge >= 0.3 is 0 Å². The maximum absolute atomic E-state index is 5.68. The normalized spacial score (nSPS) is 15.5. The summed E-state index contributed by atoms with van der Waals surface area (Å²) in [4.78, 5) is 12.0. The third-order valence-electron chi connectivity index (χ3n) is 4.70. The van der Waals surface area contributed by atoms with Crippen LogP contribution in [0.5, 0.6) is 0 Å². The van der Waals surface area contributed by atoms with E-state index in [0.717, 1.165) is 45.6 Å². The molecule has 6 heteroatoms. The molecule has 0 amide bonds. The van der Waals surface area contributed by atoms with Crippen LogP contribution in [-0.4, -0.2) is 27.6 Å². The number of aromatic nitrogens is 3. The van der Waals surface area contributed by atoms with Crippen molar-refractivity contribution < 1.29 is 0 Å². The van der Waals surface area contributed by atoms with Crippen LogP contribution < -0.4 is 4.90 Å². The van der Waals surface area contributed by atoms with Crippen molar-refractivity contribution >= 4 is 39.7 Å². The van der Waals surface area contributed by atoms with Crippen molar-refractivity contribution in [1.82, 2.24) is 14.5 Å². The molecule has 0 saturated carbocycles. The summed E-state index contributed by atoms with van der Waals surface area (Å²) in [5.74, 6) is 1.90. The molecule has 0 atom stereocenters. The number of hydrogen-bond acceptors (Lipinski definition) is 5. The standard InChI is InChI=1S/C19H22N4S2/c1-14-20-17(22-11-7-2-3-8-12-22)16-18(21-14)23(19(24)25-16)13-15-9-5-4-6-10-15/h4-6,9-10H,2-3,7-8,11-13H2,1H3. The summed E-state index contributed by atoms with van der Waals surface area (Å²) in [5, 5.41) is 0. The quantitative estimate of drug-likeness (QED) is 0.610. The van der Waals surface area contributed by atoms with Gasteiger partial charge in [0.15, 0.2) is 15.4 Å². The fourth-order valence-corrected chi connectivity index (χ4v) is 4.79. The van der Waals surface area contributed by atoms with Gasteiger partial charge in [0.05, 0.1) is 6.54 Å². The lowest BCUT2D eigenvalue weighted by Gasteiger charge is -2.22. The van der Waals surface area contributed by atoms with Gasteiger partial charge in [0.2, 0.25) is 0 Å². The fraction of sp³-hybridized carbons (Fsp3) is 0.421. The Kier molecular flexibility index (Phi) is 4.81.